The fourth-order valence-electron chi connectivity index (χ4n) is 1.81. The number of rotatable bonds is 5. The van der Waals surface area contributed by atoms with Crippen LogP contribution in [0.3, 0.4) is 0 Å². The van der Waals surface area contributed by atoms with Crippen LogP contribution < -0.4 is 9.47 Å². The molecule has 1 aromatic rings. The second-order valence-electron chi connectivity index (χ2n) is 3.96. The minimum absolute atomic E-state index is 0.163. The number of ketones is 1. The summed E-state index contributed by atoms with van der Waals surface area (Å²) in [6, 6.07) is 1.50. The summed E-state index contributed by atoms with van der Waals surface area (Å²) in [5, 5.41) is 0. The van der Waals surface area contributed by atoms with E-state index in [0.717, 1.165) is 5.56 Å². The van der Waals surface area contributed by atoms with Crippen LogP contribution in [-0.2, 0) is 9.53 Å². The van der Waals surface area contributed by atoms with Gasteiger partial charge >= 0.3 is 5.97 Å². The van der Waals surface area contributed by atoms with E-state index in [1.165, 1.54) is 20.3 Å². The highest BCUT2D eigenvalue weighted by molar-refractivity contribution is 6.41. The SMILES string of the molecule is CCOC(=O)C(=O)c1cc(OC)c(OC)c(C)c1C. The first-order valence-electron chi connectivity index (χ1n) is 5.91. The van der Waals surface area contributed by atoms with Crippen molar-refractivity contribution in [3.63, 3.8) is 0 Å². The van der Waals surface area contributed by atoms with Gasteiger partial charge in [-0.1, -0.05) is 0 Å². The van der Waals surface area contributed by atoms with E-state index in [0.29, 0.717) is 17.1 Å². The second-order valence-corrected chi connectivity index (χ2v) is 3.96. The molecule has 0 aromatic heterocycles. The highest BCUT2D eigenvalue weighted by Crippen LogP contribution is 2.35. The normalized spacial score (nSPS) is 9.95. The molecule has 0 saturated heterocycles. The fraction of sp³-hybridized carbons (Fsp3) is 0.429. The minimum atomic E-state index is -0.864. The van der Waals surface area contributed by atoms with Gasteiger partial charge in [-0.3, -0.25) is 4.79 Å². The molecular weight excluding hydrogens is 248 g/mol. The van der Waals surface area contributed by atoms with Gasteiger partial charge in [0, 0.05) is 5.56 Å². The van der Waals surface area contributed by atoms with Crippen LogP contribution in [0.25, 0.3) is 0 Å². The molecule has 0 aliphatic rings. The molecule has 0 heterocycles. The average molecular weight is 266 g/mol. The standard InChI is InChI=1S/C14H18O5/c1-6-19-14(16)12(15)10-7-11(17-4)13(18-5)9(3)8(10)2/h7H,6H2,1-5H3. The van der Waals surface area contributed by atoms with Crippen molar-refractivity contribution in [2.24, 2.45) is 0 Å². The van der Waals surface area contributed by atoms with Crippen molar-refractivity contribution < 1.29 is 23.8 Å². The number of Topliss-reactive ketones (excluding diaryl/α,β-unsaturated/α-hetero) is 1. The maximum Gasteiger partial charge on any atom is 0.379 e. The molecule has 1 aromatic carbocycles. The third-order valence-electron chi connectivity index (χ3n) is 2.94. The van der Waals surface area contributed by atoms with E-state index < -0.39 is 11.8 Å². The molecule has 5 nitrogen and oxygen atoms in total. The maximum atomic E-state index is 12.0. The quantitative estimate of drug-likeness (QED) is 0.464. The third kappa shape index (κ3) is 2.86. The molecule has 0 unspecified atom stereocenters. The molecule has 0 saturated carbocycles. The van der Waals surface area contributed by atoms with Crippen molar-refractivity contribution in [3.05, 3.63) is 22.8 Å². The molecule has 0 aliphatic heterocycles. The minimum Gasteiger partial charge on any atom is -0.493 e. The molecule has 0 atom stereocenters. The number of carbonyl (C=O) groups excluding carboxylic acids is 2. The van der Waals surface area contributed by atoms with Crippen molar-refractivity contribution in [2.45, 2.75) is 20.8 Å². The molecular formula is C14H18O5. The van der Waals surface area contributed by atoms with E-state index in [9.17, 15) is 9.59 Å². The first-order valence-corrected chi connectivity index (χ1v) is 5.91. The van der Waals surface area contributed by atoms with Gasteiger partial charge in [0.05, 0.1) is 20.8 Å². The average Bonchev–Trinajstić information content (AvgIpc) is 2.41. The first-order chi connectivity index (χ1) is 8.97. The highest BCUT2D eigenvalue weighted by Gasteiger charge is 2.24. The van der Waals surface area contributed by atoms with E-state index in [-0.39, 0.29) is 12.2 Å². The first kappa shape index (κ1) is 15.0. The summed E-state index contributed by atoms with van der Waals surface area (Å²) in [7, 11) is 3.00. The number of methoxy groups -OCH3 is 2. The van der Waals surface area contributed by atoms with Gasteiger partial charge in [-0.2, -0.15) is 0 Å². The van der Waals surface area contributed by atoms with Crippen LogP contribution >= 0.6 is 0 Å². The molecule has 5 heteroatoms. The summed E-state index contributed by atoms with van der Waals surface area (Å²) in [5.74, 6) is -0.570. The van der Waals surface area contributed by atoms with Crippen LogP contribution in [-0.4, -0.2) is 32.6 Å². The highest BCUT2D eigenvalue weighted by atomic mass is 16.5. The molecule has 0 radical (unpaired) electrons. The van der Waals surface area contributed by atoms with Crippen LogP contribution in [0.1, 0.15) is 28.4 Å². The summed E-state index contributed by atoms with van der Waals surface area (Å²) in [6.45, 7) is 5.37. The Hall–Kier alpha value is -2.04. The Labute approximate surface area is 112 Å². The number of carbonyl (C=O) groups is 2. The summed E-state index contributed by atoms with van der Waals surface area (Å²) in [6.07, 6.45) is 0. The predicted octanol–water partition coefficient (Wildman–Crippen LogP) is 2.07. The Morgan fingerprint density at radius 2 is 1.74 bits per heavy atom. The maximum absolute atomic E-state index is 12.0. The van der Waals surface area contributed by atoms with Crippen LogP contribution in [0.2, 0.25) is 0 Å². The molecule has 1 rings (SSSR count). The molecule has 0 fully saturated rings. The summed E-state index contributed by atoms with van der Waals surface area (Å²) in [4.78, 5) is 23.5. The smallest absolute Gasteiger partial charge is 0.379 e. The van der Waals surface area contributed by atoms with Gasteiger partial charge in [-0.15, -0.1) is 0 Å². The van der Waals surface area contributed by atoms with Crippen molar-refractivity contribution >= 4 is 11.8 Å². The molecule has 0 aliphatic carbocycles. The number of benzene rings is 1. The monoisotopic (exact) mass is 266 g/mol. The van der Waals surface area contributed by atoms with Crippen LogP contribution in [0.4, 0.5) is 0 Å². The van der Waals surface area contributed by atoms with Gasteiger partial charge in [-0.25, -0.2) is 4.79 Å². The van der Waals surface area contributed by atoms with E-state index in [2.05, 4.69) is 0 Å². The molecule has 0 bridgehead atoms. The Balaban J connectivity index is 3.33. The molecule has 0 spiro atoms. The number of hydrogen-bond donors (Lipinski definition) is 0. The third-order valence-corrected chi connectivity index (χ3v) is 2.94. The predicted molar refractivity (Wildman–Crippen MR) is 70.0 cm³/mol. The molecule has 104 valence electrons. The van der Waals surface area contributed by atoms with Crippen molar-refractivity contribution in [1.29, 1.82) is 0 Å². The van der Waals surface area contributed by atoms with Crippen molar-refractivity contribution in [1.82, 2.24) is 0 Å². The Morgan fingerprint density at radius 1 is 1.11 bits per heavy atom. The zero-order valence-corrected chi connectivity index (χ0v) is 11.8. The van der Waals surface area contributed by atoms with Gasteiger partial charge in [0.2, 0.25) is 0 Å². The Bertz CT molecular complexity index is 505. The van der Waals surface area contributed by atoms with Crippen LogP contribution in [0.5, 0.6) is 11.5 Å². The van der Waals surface area contributed by atoms with E-state index in [1.807, 2.05) is 0 Å². The van der Waals surface area contributed by atoms with Crippen molar-refractivity contribution in [2.75, 3.05) is 20.8 Å². The molecule has 0 N–H and O–H groups in total. The molecule has 19 heavy (non-hydrogen) atoms. The lowest BCUT2D eigenvalue weighted by Crippen LogP contribution is -2.19. The van der Waals surface area contributed by atoms with Gasteiger partial charge < -0.3 is 14.2 Å². The van der Waals surface area contributed by atoms with Gasteiger partial charge in [0.25, 0.3) is 5.78 Å². The summed E-state index contributed by atoms with van der Waals surface area (Å²) >= 11 is 0. The lowest BCUT2D eigenvalue weighted by atomic mass is 9.98. The largest absolute Gasteiger partial charge is 0.493 e. The summed E-state index contributed by atoms with van der Waals surface area (Å²) in [5.41, 5.74) is 1.71. The topological polar surface area (TPSA) is 61.8 Å². The van der Waals surface area contributed by atoms with Crippen LogP contribution in [0.15, 0.2) is 6.07 Å². The zero-order chi connectivity index (χ0) is 14.6. The van der Waals surface area contributed by atoms with Gasteiger partial charge in [0.15, 0.2) is 11.5 Å². The van der Waals surface area contributed by atoms with E-state index in [4.69, 9.17) is 14.2 Å². The van der Waals surface area contributed by atoms with Crippen molar-refractivity contribution in [3.8, 4) is 11.5 Å². The fourth-order valence-corrected chi connectivity index (χ4v) is 1.81. The summed E-state index contributed by atoms with van der Waals surface area (Å²) < 4.78 is 15.1. The van der Waals surface area contributed by atoms with Crippen LogP contribution in [0, 0.1) is 13.8 Å². The second kappa shape index (κ2) is 6.22. The number of ether oxygens (including phenoxy) is 3. The lowest BCUT2D eigenvalue weighted by Gasteiger charge is -2.15. The Kier molecular flexibility index (Phi) is 4.92. The molecule has 0 amide bonds. The number of esters is 1. The van der Waals surface area contributed by atoms with E-state index >= 15 is 0 Å². The number of hydrogen-bond acceptors (Lipinski definition) is 5. The lowest BCUT2D eigenvalue weighted by molar-refractivity contribution is -0.137. The Morgan fingerprint density at radius 3 is 2.21 bits per heavy atom. The van der Waals surface area contributed by atoms with Gasteiger partial charge in [0.1, 0.15) is 0 Å². The van der Waals surface area contributed by atoms with Gasteiger partial charge in [-0.05, 0) is 38.0 Å². The zero-order valence-electron chi connectivity index (χ0n) is 11.8. The van der Waals surface area contributed by atoms with E-state index in [1.54, 1.807) is 20.8 Å².